The van der Waals surface area contributed by atoms with Crippen LogP contribution in [0, 0.1) is 5.92 Å². The number of hydrazine groups is 1. The van der Waals surface area contributed by atoms with Gasteiger partial charge < -0.3 is 5.32 Å². The summed E-state index contributed by atoms with van der Waals surface area (Å²) < 4.78 is 0. The molecule has 2 aliphatic heterocycles. The molecule has 3 aromatic carbocycles. The molecular weight excluding hydrogens is 458 g/mol. The van der Waals surface area contributed by atoms with Crippen molar-refractivity contribution < 1.29 is 9.59 Å². The lowest BCUT2D eigenvalue weighted by Crippen LogP contribution is -2.49. The van der Waals surface area contributed by atoms with E-state index < -0.39 is 0 Å². The zero-order valence-corrected chi connectivity index (χ0v) is 19.2. The van der Waals surface area contributed by atoms with E-state index in [1.807, 2.05) is 60.7 Å². The van der Waals surface area contributed by atoms with Gasteiger partial charge in [0.2, 0.25) is 11.8 Å². The van der Waals surface area contributed by atoms with Gasteiger partial charge in [0, 0.05) is 23.5 Å². The Labute approximate surface area is 200 Å². The van der Waals surface area contributed by atoms with Crippen LogP contribution in [0.15, 0.2) is 71.7 Å². The molecule has 2 unspecified atom stereocenters. The number of carbonyl (C=O) groups is 2. The van der Waals surface area contributed by atoms with Gasteiger partial charge in [-0.3, -0.25) is 19.9 Å². The summed E-state index contributed by atoms with van der Waals surface area (Å²) in [6, 6.07) is 21.2. The molecule has 0 spiro atoms. The Kier molecular flexibility index (Phi) is 6.32. The van der Waals surface area contributed by atoms with Gasteiger partial charge in [0.05, 0.1) is 17.4 Å². The minimum absolute atomic E-state index is 0.0364. The molecule has 5 rings (SSSR count). The molecule has 2 heterocycles. The number of amidine groups is 1. The highest BCUT2D eigenvalue weighted by Crippen LogP contribution is 2.34. The Morgan fingerprint density at radius 1 is 1.15 bits per heavy atom. The van der Waals surface area contributed by atoms with E-state index >= 15 is 0 Å². The van der Waals surface area contributed by atoms with E-state index in [1.165, 1.54) is 11.8 Å². The molecular formula is C24H22ClN5O2S. The maximum Gasteiger partial charge on any atom is 0.241 e. The number of carbonyl (C=O) groups excluding carboxylic acids is 2. The van der Waals surface area contributed by atoms with Crippen LogP contribution in [0.4, 0.5) is 5.69 Å². The van der Waals surface area contributed by atoms with Crippen molar-refractivity contribution in [1.82, 2.24) is 16.2 Å². The fourth-order valence-corrected chi connectivity index (χ4v) is 5.10. The summed E-state index contributed by atoms with van der Waals surface area (Å²) in [6.07, 6.45) is -0.347. The van der Waals surface area contributed by atoms with Gasteiger partial charge in [-0.1, -0.05) is 71.9 Å². The first-order valence-electron chi connectivity index (χ1n) is 10.6. The lowest BCUT2D eigenvalue weighted by Gasteiger charge is -2.33. The molecule has 33 heavy (non-hydrogen) atoms. The van der Waals surface area contributed by atoms with Crippen molar-refractivity contribution >= 4 is 56.8 Å². The first kappa shape index (κ1) is 21.9. The monoisotopic (exact) mass is 479 g/mol. The zero-order valence-electron chi connectivity index (χ0n) is 17.6. The molecule has 0 saturated carbocycles. The average Bonchev–Trinajstić information content (AvgIpc) is 3.30. The van der Waals surface area contributed by atoms with Crippen LogP contribution < -0.4 is 21.1 Å². The summed E-state index contributed by atoms with van der Waals surface area (Å²) in [5, 5.41) is 6.04. The van der Waals surface area contributed by atoms with Crippen molar-refractivity contribution in [2.75, 3.05) is 17.2 Å². The predicted octanol–water partition coefficient (Wildman–Crippen LogP) is 3.30. The number of fused-ring (bicyclic) bond motifs is 2. The molecule has 0 aromatic heterocycles. The molecule has 1 fully saturated rings. The van der Waals surface area contributed by atoms with Gasteiger partial charge in [0.1, 0.15) is 6.17 Å². The fourth-order valence-electron chi connectivity index (χ4n) is 4.02. The van der Waals surface area contributed by atoms with E-state index in [4.69, 9.17) is 16.6 Å². The van der Waals surface area contributed by atoms with Crippen molar-refractivity contribution in [3.05, 3.63) is 77.3 Å². The van der Waals surface area contributed by atoms with Crippen LogP contribution in [0.2, 0.25) is 5.02 Å². The number of halogens is 1. The van der Waals surface area contributed by atoms with E-state index in [2.05, 4.69) is 16.2 Å². The Morgan fingerprint density at radius 2 is 1.97 bits per heavy atom. The highest BCUT2D eigenvalue weighted by molar-refractivity contribution is 8.14. The van der Waals surface area contributed by atoms with Gasteiger partial charge in [-0.05, 0) is 29.1 Å². The number of benzene rings is 3. The molecule has 0 bridgehead atoms. The molecule has 2 atom stereocenters. The van der Waals surface area contributed by atoms with Crippen LogP contribution in [-0.4, -0.2) is 35.4 Å². The molecule has 1 saturated heterocycles. The molecule has 3 aromatic rings. The molecule has 0 aliphatic carbocycles. The quantitative estimate of drug-likeness (QED) is 0.523. The fraction of sp³-hybridized carbons (Fsp3) is 0.208. The minimum Gasteiger partial charge on any atom is -0.351 e. The maximum atomic E-state index is 13.5. The Bertz CT molecular complexity index is 1250. The summed E-state index contributed by atoms with van der Waals surface area (Å²) in [6.45, 7) is 0.890. The van der Waals surface area contributed by atoms with Gasteiger partial charge in [-0.15, -0.1) is 0 Å². The van der Waals surface area contributed by atoms with E-state index in [1.54, 1.807) is 11.0 Å². The first-order chi connectivity index (χ1) is 16.1. The minimum atomic E-state index is -0.347. The highest BCUT2D eigenvalue weighted by atomic mass is 35.5. The number of amides is 2. The zero-order chi connectivity index (χ0) is 22.8. The number of anilines is 1. The largest absolute Gasteiger partial charge is 0.351 e. The third-order valence-electron chi connectivity index (χ3n) is 5.65. The second kappa shape index (κ2) is 9.52. The molecule has 2 amide bonds. The van der Waals surface area contributed by atoms with Crippen molar-refractivity contribution in [1.29, 1.82) is 0 Å². The average molecular weight is 480 g/mol. The first-order valence-corrected chi connectivity index (χ1v) is 12.0. The number of rotatable bonds is 5. The molecule has 0 radical (unpaired) electrons. The summed E-state index contributed by atoms with van der Waals surface area (Å²) in [5.41, 5.74) is 7.78. The van der Waals surface area contributed by atoms with Crippen LogP contribution in [0.25, 0.3) is 10.8 Å². The standard InChI is InChI=1S/C24H22ClN5O2S/c25-17-8-3-5-15(11-17)12-26-21(31)14-33-24-28-22-19(13-27-29-22)23(32)30(24)20-10-4-7-16-6-1-2-9-18(16)20/h1-11,19,22,27,29H,12-14H2,(H,26,31). The number of nitrogens with zero attached hydrogens (tertiary/aromatic N) is 2. The Hall–Kier alpha value is -2.91. The SMILES string of the molecule is O=C(CSC1=NC2NNCC2C(=O)N1c1cccc2ccccc12)NCc1cccc(Cl)c1. The second-order valence-corrected chi connectivity index (χ2v) is 9.23. The number of thioether (sulfide) groups is 1. The van der Waals surface area contributed by atoms with Gasteiger partial charge in [0.15, 0.2) is 5.17 Å². The van der Waals surface area contributed by atoms with E-state index in [-0.39, 0.29) is 29.7 Å². The summed E-state index contributed by atoms with van der Waals surface area (Å²) in [4.78, 5) is 32.5. The summed E-state index contributed by atoms with van der Waals surface area (Å²) in [7, 11) is 0. The number of nitrogens with one attached hydrogen (secondary N) is 3. The van der Waals surface area contributed by atoms with Crippen LogP contribution >= 0.6 is 23.4 Å². The van der Waals surface area contributed by atoms with Gasteiger partial charge in [-0.2, -0.15) is 0 Å². The molecule has 9 heteroatoms. The maximum absolute atomic E-state index is 13.5. The highest BCUT2D eigenvalue weighted by Gasteiger charge is 2.42. The van der Waals surface area contributed by atoms with Gasteiger partial charge >= 0.3 is 0 Å². The molecule has 168 valence electrons. The van der Waals surface area contributed by atoms with E-state index in [0.29, 0.717) is 23.3 Å². The van der Waals surface area contributed by atoms with Gasteiger partial charge in [0.25, 0.3) is 0 Å². The van der Waals surface area contributed by atoms with Crippen molar-refractivity contribution in [3.8, 4) is 0 Å². The smallest absolute Gasteiger partial charge is 0.241 e. The van der Waals surface area contributed by atoms with Gasteiger partial charge in [-0.25, -0.2) is 10.4 Å². The number of hydrogen-bond donors (Lipinski definition) is 3. The third kappa shape index (κ3) is 4.60. The lowest BCUT2D eigenvalue weighted by molar-refractivity contribution is -0.121. The summed E-state index contributed by atoms with van der Waals surface area (Å²) >= 11 is 7.27. The van der Waals surface area contributed by atoms with Crippen molar-refractivity contribution in [2.45, 2.75) is 12.7 Å². The predicted molar refractivity (Wildman–Crippen MR) is 133 cm³/mol. The third-order valence-corrected chi connectivity index (χ3v) is 6.84. The van der Waals surface area contributed by atoms with Crippen LogP contribution in [0.3, 0.4) is 0 Å². The topological polar surface area (TPSA) is 85.8 Å². The second-order valence-electron chi connectivity index (χ2n) is 7.86. The van der Waals surface area contributed by atoms with Crippen molar-refractivity contribution in [2.24, 2.45) is 10.9 Å². The van der Waals surface area contributed by atoms with Crippen LogP contribution in [0.1, 0.15) is 5.56 Å². The van der Waals surface area contributed by atoms with Crippen molar-refractivity contribution in [3.63, 3.8) is 0 Å². The van der Waals surface area contributed by atoms with Crippen LogP contribution in [-0.2, 0) is 16.1 Å². The van der Waals surface area contributed by atoms with Crippen LogP contribution in [0.5, 0.6) is 0 Å². The molecule has 3 N–H and O–H groups in total. The Balaban J connectivity index is 1.37. The molecule has 7 nitrogen and oxygen atoms in total. The number of aliphatic imine (C=N–C) groups is 1. The normalized spacial score (nSPS) is 20.0. The van der Waals surface area contributed by atoms with E-state index in [9.17, 15) is 9.59 Å². The molecule has 2 aliphatic rings. The number of hydrogen-bond acceptors (Lipinski definition) is 6. The van der Waals surface area contributed by atoms with E-state index in [0.717, 1.165) is 22.0 Å². The Morgan fingerprint density at radius 3 is 2.85 bits per heavy atom. The lowest BCUT2D eigenvalue weighted by atomic mass is 10.0. The summed E-state index contributed by atoms with van der Waals surface area (Å²) in [5.74, 6) is -0.345.